The van der Waals surface area contributed by atoms with Gasteiger partial charge in [0, 0.05) is 23.9 Å². The van der Waals surface area contributed by atoms with Crippen molar-refractivity contribution < 1.29 is 19.5 Å². The second kappa shape index (κ2) is 7.49. The van der Waals surface area contributed by atoms with E-state index in [0.29, 0.717) is 5.56 Å². The van der Waals surface area contributed by atoms with E-state index in [4.69, 9.17) is 10.8 Å². The summed E-state index contributed by atoms with van der Waals surface area (Å²) in [5.41, 5.74) is 5.37. The van der Waals surface area contributed by atoms with E-state index in [9.17, 15) is 14.4 Å². The second-order valence-corrected chi connectivity index (χ2v) is 4.52. The van der Waals surface area contributed by atoms with Crippen LogP contribution >= 0.6 is 11.3 Å². The third-order valence-electron chi connectivity index (χ3n) is 2.24. The minimum Gasteiger partial charge on any atom is -0.381 e. The zero-order chi connectivity index (χ0) is 14.3. The van der Waals surface area contributed by atoms with Crippen LogP contribution in [0.5, 0.6) is 0 Å². The molecule has 5 N–H and O–H groups in total. The van der Waals surface area contributed by atoms with E-state index >= 15 is 0 Å². The number of rotatable bonds is 7. The van der Waals surface area contributed by atoms with Gasteiger partial charge in [0.1, 0.15) is 6.10 Å². The van der Waals surface area contributed by atoms with E-state index in [1.165, 1.54) is 11.3 Å². The number of primary amides is 1. The summed E-state index contributed by atoms with van der Waals surface area (Å²) in [6, 6.07) is 1.68. The summed E-state index contributed by atoms with van der Waals surface area (Å²) in [4.78, 5) is 33.3. The van der Waals surface area contributed by atoms with Crippen LogP contribution in [0.1, 0.15) is 16.8 Å². The maximum absolute atomic E-state index is 11.5. The van der Waals surface area contributed by atoms with E-state index < -0.39 is 12.0 Å². The third kappa shape index (κ3) is 5.49. The number of amides is 3. The summed E-state index contributed by atoms with van der Waals surface area (Å²) in [5.74, 6) is -1.52. The van der Waals surface area contributed by atoms with Crippen LogP contribution in [0, 0.1) is 0 Å². The van der Waals surface area contributed by atoms with Crippen molar-refractivity contribution >= 4 is 29.1 Å². The minimum atomic E-state index is -1.40. The largest absolute Gasteiger partial charge is 0.381 e. The smallest absolute Gasteiger partial charge is 0.252 e. The first-order chi connectivity index (χ1) is 9.00. The summed E-state index contributed by atoms with van der Waals surface area (Å²) in [6.07, 6.45) is -1.34. The topological polar surface area (TPSA) is 122 Å². The molecular weight excluding hydrogens is 270 g/mol. The molecule has 0 saturated heterocycles. The zero-order valence-corrected chi connectivity index (χ0v) is 10.9. The summed E-state index contributed by atoms with van der Waals surface area (Å²) in [7, 11) is 0. The highest BCUT2D eigenvalue weighted by atomic mass is 32.1. The molecule has 7 nitrogen and oxygen atoms in total. The molecular formula is C11H15N3O4S. The van der Waals surface area contributed by atoms with Gasteiger partial charge in [-0.3, -0.25) is 14.4 Å². The maximum Gasteiger partial charge on any atom is 0.252 e. The van der Waals surface area contributed by atoms with Gasteiger partial charge in [-0.1, -0.05) is 0 Å². The molecule has 104 valence electrons. The van der Waals surface area contributed by atoms with Crippen LogP contribution in [0.4, 0.5) is 0 Å². The van der Waals surface area contributed by atoms with Crippen LogP contribution in [0.25, 0.3) is 0 Å². The summed E-state index contributed by atoms with van der Waals surface area (Å²) >= 11 is 1.41. The number of carbonyl (C=O) groups excluding carboxylic acids is 3. The molecule has 1 aromatic heterocycles. The van der Waals surface area contributed by atoms with Gasteiger partial charge in [-0.15, -0.1) is 0 Å². The van der Waals surface area contributed by atoms with Crippen molar-refractivity contribution in [1.29, 1.82) is 0 Å². The van der Waals surface area contributed by atoms with Crippen LogP contribution in [-0.4, -0.2) is 42.0 Å². The zero-order valence-electron chi connectivity index (χ0n) is 10.1. The van der Waals surface area contributed by atoms with Crippen LogP contribution in [0.15, 0.2) is 16.8 Å². The number of hydrogen-bond acceptors (Lipinski definition) is 5. The molecule has 3 amide bonds. The molecule has 0 radical (unpaired) electrons. The van der Waals surface area contributed by atoms with Crippen molar-refractivity contribution in [2.24, 2.45) is 5.73 Å². The van der Waals surface area contributed by atoms with E-state index in [0.717, 1.165) is 0 Å². The Morgan fingerprint density at radius 1 is 1.37 bits per heavy atom. The van der Waals surface area contributed by atoms with Crippen molar-refractivity contribution in [3.8, 4) is 0 Å². The quantitative estimate of drug-likeness (QED) is 0.504. The Morgan fingerprint density at radius 3 is 2.68 bits per heavy atom. The van der Waals surface area contributed by atoms with Crippen molar-refractivity contribution in [3.05, 3.63) is 22.4 Å². The van der Waals surface area contributed by atoms with E-state index in [1.807, 2.05) is 0 Å². The van der Waals surface area contributed by atoms with Crippen molar-refractivity contribution in [2.75, 3.05) is 13.1 Å². The molecule has 1 aromatic rings. The number of nitrogens with two attached hydrogens (primary N) is 1. The van der Waals surface area contributed by atoms with Crippen LogP contribution in [0.3, 0.4) is 0 Å². The highest BCUT2D eigenvalue weighted by Gasteiger charge is 2.12. The lowest BCUT2D eigenvalue weighted by atomic mass is 10.3. The van der Waals surface area contributed by atoms with Crippen molar-refractivity contribution in [2.45, 2.75) is 12.5 Å². The summed E-state index contributed by atoms with van der Waals surface area (Å²) in [6.45, 7) is -0.0557. The first kappa shape index (κ1) is 15.1. The number of aliphatic hydroxyl groups is 1. The highest BCUT2D eigenvalue weighted by Crippen LogP contribution is 2.04. The average molecular weight is 285 g/mol. The standard InChI is InChI=1S/C11H15N3O4S/c12-10(17)8(15)5-14-9(16)1-3-13-11(18)7-2-4-19-6-7/h2,4,6,8,15H,1,3,5H2,(H2,12,17)(H,13,18)(H,14,16). The van der Waals surface area contributed by atoms with Gasteiger partial charge in [-0.25, -0.2) is 0 Å². The first-order valence-electron chi connectivity index (χ1n) is 5.55. The van der Waals surface area contributed by atoms with Gasteiger partial charge in [0.15, 0.2) is 0 Å². The van der Waals surface area contributed by atoms with E-state index in [1.54, 1.807) is 16.8 Å². The molecule has 1 heterocycles. The molecule has 0 aliphatic carbocycles. The van der Waals surface area contributed by atoms with Gasteiger partial charge in [-0.05, 0) is 11.4 Å². The molecule has 0 saturated carbocycles. The molecule has 0 aliphatic rings. The third-order valence-corrected chi connectivity index (χ3v) is 2.93. The predicted octanol–water partition coefficient (Wildman–Crippen LogP) is -1.17. The van der Waals surface area contributed by atoms with Crippen LogP contribution in [-0.2, 0) is 9.59 Å². The molecule has 0 aliphatic heterocycles. The van der Waals surface area contributed by atoms with E-state index in [2.05, 4.69) is 10.6 Å². The average Bonchev–Trinajstić information content (AvgIpc) is 2.89. The number of thiophene rings is 1. The molecule has 0 fully saturated rings. The monoisotopic (exact) mass is 285 g/mol. The lowest BCUT2D eigenvalue weighted by Gasteiger charge is -2.08. The van der Waals surface area contributed by atoms with Crippen LogP contribution < -0.4 is 16.4 Å². The van der Waals surface area contributed by atoms with Gasteiger partial charge in [-0.2, -0.15) is 11.3 Å². The SMILES string of the molecule is NC(=O)C(O)CNC(=O)CCNC(=O)c1ccsc1. The summed E-state index contributed by atoms with van der Waals surface area (Å²) in [5, 5.41) is 17.5. The van der Waals surface area contributed by atoms with Gasteiger partial charge in [0.2, 0.25) is 11.8 Å². The van der Waals surface area contributed by atoms with Crippen molar-refractivity contribution in [1.82, 2.24) is 10.6 Å². The fourth-order valence-corrected chi connectivity index (χ4v) is 1.82. The maximum atomic E-state index is 11.5. The molecule has 0 aromatic carbocycles. The summed E-state index contributed by atoms with van der Waals surface area (Å²) < 4.78 is 0. The number of aliphatic hydroxyl groups excluding tert-OH is 1. The van der Waals surface area contributed by atoms with Gasteiger partial charge < -0.3 is 21.5 Å². The Morgan fingerprint density at radius 2 is 2.11 bits per heavy atom. The lowest BCUT2D eigenvalue weighted by molar-refractivity contribution is -0.127. The first-order valence-corrected chi connectivity index (χ1v) is 6.49. The Labute approximate surface area is 113 Å². The van der Waals surface area contributed by atoms with Gasteiger partial charge in [0.25, 0.3) is 5.91 Å². The van der Waals surface area contributed by atoms with Crippen LogP contribution in [0.2, 0.25) is 0 Å². The molecule has 0 spiro atoms. The lowest BCUT2D eigenvalue weighted by Crippen LogP contribution is -2.40. The molecule has 1 atom stereocenters. The molecule has 1 rings (SSSR count). The highest BCUT2D eigenvalue weighted by molar-refractivity contribution is 7.08. The Bertz CT molecular complexity index is 447. The van der Waals surface area contributed by atoms with Crippen molar-refractivity contribution in [3.63, 3.8) is 0 Å². The molecule has 1 unspecified atom stereocenters. The number of nitrogens with one attached hydrogen (secondary N) is 2. The predicted molar refractivity (Wildman–Crippen MR) is 69.5 cm³/mol. The Balaban J connectivity index is 2.17. The van der Waals surface area contributed by atoms with Gasteiger partial charge >= 0.3 is 0 Å². The molecule has 8 heteroatoms. The number of hydrogen-bond donors (Lipinski definition) is 4. The second-order valence-electron chi connectivity index (χ2n) is 3.74. The fraction of sp³-hybridized carbons (Fsp3) is 0.364. The Hall–Kier alpha value is -1.93. The molecule has 0 bridgehead atoms. The normalized spacial score (nSPS) is 11.6. The fourth-order valence-electron chi connectivity index (χ4n) is 1.18. The molecule has 19 heavy (non-hydrogen) atoms. The van der Waals surface area contributed by atoms with E-state index in [-0.39, 0.29) is 31.3 Å². The Kier molecular flexibility index (Phi) is 5.97. The minimum absolute atomic E-state index is 0.0569. The van der Waals surface area contributed by atoms with Gasteiger partial charge in [0.05, 0.1) is 6.54 Å². The number of carbonyl (C=O) groups is 3.